The predicted molar refractivity (Wildman–Crippen MR) is 85.5 cm³/mol. The van der Waals surface area contributed by atoms with Gasteiger partial charge in [-0.2, -0.15) is 0 Å². The molecule has 1 aromatic carbocycles. The zero-order valence-electron chi connectivity index (χ0n) is 12.6. The Morgan fingerprint density at radius 2 is 2.00 bits per heavy atom. The van der Waals surface area contributed by atoms with E-state index in [9.17, 15) is 9.59 Å². The second-order valence-electron chi connectivity index (χ2n) is 6.12. The highest BCUT2D eigenvalue weighted by Gasteiger charge is 2.37. The minimum absolute atomic E-state index is 0.0707. The summed E-state index contributed by atoms with van der Waals surface area (Å²) in [7, 11) is 0. The van der Waals surface area contributed by atoms with Crippen molar-refractivity contribution in [1.82, 2.24) is 10.2 Å². The second-order valence-corrected chi connectivity index (χ2v) is 6.55. The van der Waals surface area contributed by atoms with Crippen LogP contribution in [0.15, 0.2) is 24.3 Å². The molecular weight excluding hydrogens is 300 g/mol. The molecule has 2 amide bonds. The van der Waals surface area contributed by atoms with Crippen molar-refractivity contribution < 1.29 is 9.59 Å². The first-order valence-corrected chi connectivity index (χ1v) is 8.38. The molecule has 3 rings (SSSR count). The fourth-order valence-electron chi connectivity index (χ4n) is 3.50. The molecule has 1 aliphatic carbocycles. The number of nitrogens with one attached hydrogen (secondary N) is 1. The number of rotatable bonds is 2. The van der Waals surface area contributed by atoms with Crippen molar-refractivity contribution in [2.75, 3.05) is 13.1 Å². The van der Waals surface area contributed by atoms with Crippen LogP contribution in [0, 0.1) is 5.92 Å². The van der Waals surface area contributed by atoms with Gasteiger partial charge in [-0.3, -0.25) is 9.59 Å². The first kappa shape index (κ1) is 15.3. The van der Waals surface area contributed by atoms with E-state index >= 15 is 0 Å². The number of hydrogen-bond acceptors (Lipinski definition) is 2. The van der Waals surface area contributed by atoms with Crippen molar-refractivity contribution in [3.05, 3.63) is 34.9 Å². The van der Waals surface area contributed by atoms with Crippen molar-refractivity contribution in [3.8, 4) is 0 Å². The molecule has 4 nitrogen and oxygen atoms in total. The van der Waals surface area contributed by atoms with Gasteiger partial charge in [0.2, 0.25) is 11.8 Å². The zero-order valence-corrected chi connectivity index (χ0v) is 13.3. The molecule has 1 saturated heterocycles. The largest absolute Gasteiger partial charge is 0.352 e. The average molecular weight is 321 g/mol. The molecule has 0 aromatic heterocycles. The third kappa shape index (κ3) is 3.12. The van der Waals surface area contributed by atoms with Gasteiger partial charge in [-0.05, 0) is 30.5 Å². The van der Waals surface area contributed by atoms with Crippen LogP contribution in [0.4, 0.5) is 0 Å². The Morgan fingerprint density at radius 3 is 2.73 bits per heavy atom. The maximum Gasteiger partial charge on any atom is 0.247 e. The number of carbonyl (C=O) groups is 2. The van der Waals surface area contributed by atoms with E-state index in [2.05, 4.69) is 5.32 Å². The van der Waals surface area contributed by atoms with Crippen LogP contribution < -0.4 is 5.32 Å². The van der Waals surface area contributed by atoms with E-state index in [0.717, 1.165) is 31.2 Å². The highest BCUT2D eigenvalue weighted by molar-refractivity contribution is 6.30. The summed E-state index contributed by atoms with van der Waals surface area (Å²) in [5.74, 6) is 0.0820. The lowest BCUT2D eigenvalue weighted by atomic mass is 9.87. The Labute approximate surface area is 135 Å². The minimum Gasteiger partial charge on any atom is -0.352 e. The first-order valence-electron chi connectivity index (χ1n) is 8.00. The van der Waals surface area contributed by atoms with Crippen LogP contribution >= 0.6 is 11.6 Å². The van der Waals surface area contributed by atoms with Crippen molar-refractivity contribution in [3.63, 3.8) is 0 Å². The number of piperazine rings is 1. The molecule has 2 aliphatic rings. The van der Waals surface area contributed by atoms with E-state index in [-0.39, 0.29) is 17.7 Å². The lowest BCUT2D eigenvalue weighted by Crippen LogP contribution is -2.53. The highest BCUT2D eigenvalue weighted by Crippen LogP contribution is 2.31. The van der Waals surface area contributed by atoms with Gasteiger partial charge < -0.3 is 10.2 Å². The maximum atomic E-state index is 12.9. The number of amides is 2. The highest BCUT2D eigenvalue weighted by atomic mass is 35.5. The standard InChI is InChI=1S/C17H21ClN2O2/c18-14-8-4-7-13(11-14)15-16(21)19-9-10-20(15)17(22)12-5-2-1-3-6-12/h4,7-8,11-12,15H,1-3,5-6,9-10H2,(H,19,21). The van der Waals surface area contributed by atoms with Crippen LogP contribution in [0.2, 0.25) is 5.02 Å². The Morgan fingerprint density at radius 1 is 1.23 bits per heavy atom. The van der Waals surface area contributed by atoms with Crippen LogP contribution in [-0.2, 0) is 9.59 Å². The van der Waals surface area contributed by atoms with E-state index in [1.165, 1.54) is 6.42 Å². The van der Waals surface area contributed by atoms with Gasteiger partial charge in [-0.25, -0.2) is 0 Å². The van der Waals surface area contributed by atoms with Crippen LogP contribution in [0.1, 0.15) is 43.7 Å². The van der Waals surface area contributed by atoms with E-state index in [1.807, 2.05) is 12.1 Å². The molecule has 5 heteroatoms. The molecule has 0 bridgehead atoms. The van der Waals surface area contributed by atoms with E-state index in [0.29, 0.717) is 18.1 Å². The second kappa shape index (κ2) is 6.69. The smallest absolute Gasteiger partial charge is 0.247 e. The van der Waals surface area contributed by atoms with E-state index < -0.39 is 6.04 Å². The molecule has 1 saturated carbocycles. The average Bonchev–Trinajstić information content (AvgIpc) is 2.54. The summed E-state index contributed by atoms with van der Waals surface area (Å²) >= 11 is 6.05. The summed E-state index contributed by atoms with van der Waals surface area (Å²) < 4.78 is 0. The van der Waals surface area contributed by atoms with Gasteiger partial charge in [0.1, 0.15) is 6.04 Å². The van der Waals surface area contributed by atoms with Crippen molar-refractivity contribution in [2.45, 2.75) is 38.1 Å². The summed E-state index contributed by atoms with van der Waals surface area (Å²) in [6.45, 7) is 1.09. The number of carbonyl (C=O) groups excluding carboxylic acids is 2. The van der Waals surface area contributed by atoms with Crippen LogP contribution in [0.3, 0.4) is 0 Å². The van der Waals surface area contributed by atoms with Gasteiger partial charge in [-0.1, -0.05) is 43.0 Å². The van der Waals surface area contributed by atoms with Crippen LogP contribution in [-0.4, -0.2) is 29.8 Å². The van der Waals surface area contributed by atoms with Gasteiger partial charge in [-0.15, -0.1) is 0 Å². The van der Waals surface area contributed by atoms with Crippen molar-refractivity contribution in [1.29, 1.82) is 0 Å². The number of benzene rings is 1. The maximum absolute atomic E-state index is 12.9. The monoisotopic (exact) mass is 320 g/mol. The van der Waals surface area contributed by atoms with E-state index in [1.54, 1.807) is 17.0 Å². The van der Waals surface area contributed by atoms with Crippen molar-refractivity contribution >= 4 is 23.4 Å². The van der Waals surface area contributed by atoms with Gasteiger partial charge in [0, 0.05) is 24.0 Å². The third-order valence-electron chi connectivity index (χ3n) is 4.61. The molecule has 1 aliphatic heterocycles. The van der Waals surface area contributed by atoms with Crippen molar-refractivity contribution in [2.24, 2.45) is 5.92 Å². The molecule has 0 spiro atoms. The summed E-state index contributed by atoms with van der Waals surface area (Å²) in [5.41, 5.74) is 0.786. The van der Waals surface area contributed by atoms with E-state index in [4.69, 9.17) is 11.6 Å². The first-order chi connectivity index (χ1) is 10.7. The molecule has 1 aromatic rings. The molecule has 1 unspecified atom stereocenters. The summed E-state index contributed by atoms with van der Waals surface area (Å²) in [5, 5.41) is 3.45. The predicted octanol–water partition coefficient (Wildman–Crippen LogP) is 2.92. The summed E-state index contributed by atoms with van der Waals surface area (Å²) in [6.07, 6.45) is 5.32. The van der Waals surface area contributed by atoms with Crippen LogP contribution in [0.25, 0.3) is 0 Å². The Kier molecular flexibility index (Phi) is 4.67. The fourth-order valence-corrected chi connectivity index (χ4v) is 3.70. The topological polar surface area (TPSA) is 49.4 Å². The number of nitrogens with zero attached hydrogens (tertiary/aromatic N) is 1. The third-order valence-corrected chi connectivity index (χ3v) is 4.85. The Hall–Kier alpha value is -1.55. The molecule has 0 radical (unpaired) electrons. The molecule has 1 N–H and O–H groups in total. The van der Waals surface area contributed by atoms with Gasteiger partial charge in [0.05, 0.1) is 0 Å². The molecule has 1 atom stereocenters. The fraction of sp³-hybridized carbons (Fsp3) is 0.529. The normalized spacial score (nSPS) is 23.2. The molecule has 118 valence electrons. The molecule has 2 fully saturated rings. The number of hydrogen-bond donors (Lipinski definition) is 1. The minimum atomic E-state index is -0.554. The molecule has 22 heavy (non-hydrogen) atoms. The molecular formula is C17H21ClN2O2. The quantitative estimate of drug-likeness (QED) is 0.911. The van der Waals surface area contributed by atoms with Gasteiger partial charge in [0.15, 0.2) is 0 Å². The lowest BCUT2D eigenvalue weighted by molar-refractivity contribution is -0.147. The lowest BCUT2D eigenvalue weighted by Gasteiger charge is -2.38. The SMILES string of the molecule is O=C1NCCN(C(=O)C2CCCCC2)C1c1cccc(Cl)c1. The zero-order chi connectivity index (χ0) is 15.5. The Bertz CT molecular complexity index is 570. The summed E-state index contributed by atoms with van der Waals surface area (Å²) in [6, 6.07) is 6.69. The van der Waals surface area contributed by atoms with Gasteiger partial charge in [0.25, 0.3) is 0 Å². The number of halogens is 1. The van der Waals surface area contributed by atoms with Crippen LogP contribution in [0.5, 0.6) is 0 Å². The van der Waals surface area contributed by atoms with Gasteiger partial charge >= 0.3 is 0 Å². The summed E-state index contributed by atoms with van der Waals surface area (Å²) in [4.78, 5) is 27.0. The Balaban J connectivity index is 1.86. The molecule has 1 heterocycles.